The first-order valence-corrected chi connectivity index (χ1v) is 7.77. The number of aliphatic hydroxyl groups excluding tert-OH is 1. The Labute approximate surface area is 139 Å². The fourth-order valence-corrected chi connectivity index (χ4v) is 3.09. The summed E-state index contributed by atoms with van der Waals surface area (Å²) in [5, 5.41) is 10.9. The molecule has 1 aromatic heterocycles. The zero-order chi connectivity index (χ0) is 15.9. The molecule has 0 saturated heterocycles. The monoisotopic (exact) mass is 334 g/mol. The maximum atomic E-state index is 9.63. The molecule has 0 aliphatic rings. The minimum Gasteiger partial charge on any atom is -0.388 e. The Bertz CT molecular complexity index is 835. The molecule has 1 N–H and O–H groups in total. The average molecular weight is 335 g/mol. The summed E-state index contributed by atoms with van der Waals surface area (Å²) in [5.74, 6) is 0.607. The van der Waals surface area contributed by atoms with E-state index in [0.717, 1.165) is 16.6 Å². The number of hydrogen-bond donors (Lipinski definition) is 1. The van der Waals surface area contributed by atoms with Gasteiger partial charge in [-0.2, -0.15) is 0 Å². The van der Waals surface area contributed by atoms with Crippen LogP contribution in [0.25, 0.3) is 11.0 Å². The topological polar surface area (TPSA) is 38.1 Å². The van der Waals surface area contributed by atoms with Crippen LogP contribution in [0.5, 0.6) is 0 Å². The molecule has 22 heavy (non-hydrogen) atoms. The molecule has 2 aromatic carbocycles. The van der Waals surface area contributed by atoms with Gasteiger partial charge in [-0.25, -0.2) is 4.98 Å². The molecule has 0 aliphatic heterocycles. The number of hydrogen-bond acceptors (Lipinski definition) is 2. The van der Waals surface area contributed by atoms with Gasteiger partial charge in [-0.1, -0.05) is 29.3 Å². The number of aromatic nitrogens is 2. The van der Waals surface area contributed by atoms with E-state index in [9.17, 15) is 5.11 Å². The number of imidazole rings is 1. The Morgan fingerprint density at radius 3 is 2.36 bits per heavy atom. The van der Waals surface area contributed by atoms with E-state index in [4.69, 9.17) is 23.2 Å². The van der Waals surface area contributed by atoms with Crippen LogP contribution in [0.1, 0.15) is 22.5 Å². The van der Waals surface area contributed by atoms with Crippen LogP contribution in [0.2, 0.25) is 10.0 Å². The predicted molar refractivity (Wildman–Crippen MR) is 90.7 cm³/mol. The molecule has 3 nitrogen and oxygen atoms in total. The zero-order valence-corrected chi connectivity index (χ0v) is 13.9. The molecule has 0 atom stereocenters. The van der Waals surface area contributed by atoms with Crippen LogP contribution in [0.3, 0.4) is 0 Å². The highest BCUT2D eigenvalue weighted by molar-refractivity contribution is 6.36. The van der Waals surface area contributed by atoms with Crippen molar-refractivity contribution in [3.8, 4) is 0 Å². The van der Waals surface area contributed by atoms with E-state index in [-0.39, 0.29) is 6.61 Å². The highest BCUT2D eigenvalue weighted by Crippen LogP contribution is 2.28. The van der Waals surface area contributed by atoms with Crippen molar-refractivity contribution in [1.29, 1.82) is 0 Å². The van der Waals surface area contributed by atoms with Gasteiger partial charge in [-0.05, 0) is 49.2 Å². The standard InChI is InChI=1S/C17H16Cl2N2O/c1-10-6-15-16(7-11(10)2)21(17(9-22)20-15)8-12-13(18)4-3-5-14(12)19/h3-7,22H,8-9H2,1-2H3. The quantitative estimate of drug-likeness (QED) is 0.765. The van der Waals surface area contributed by atoms with Crippen molar-refractivity contribution in [2.24, 2.45) is 0 Å². The highest BCUT2D eigenvalue weighted by Gasteiger charge is 2.14. The maximum absolute atomic E-state index is 9.63. The Hall–Kier alpha value is -1.55. The third-order valence-electron chi connectivity index (χ3n) is 3.96. The van der Waals surface area contributed by atoms with Gasteiger partial charge in [-0.3, -0.25) is 0 Å². The lowest BCUT2D eigenvalue weighted by atomic mass is 10.1. The second-order valence-corrected chi connectivity index (χ2v) is 6.21. The number of halogens is 2. The molecule has 1 heterocycles. The van der Waals surface area contributed by atoms with Crippen molar-refractivity contribution in [2.45, 2.75) is 27.0 Å². The van der Waals surface area contributed by atoms with E-state index >= 15 is 0 Å². The van der Waals surface area contributed by atoms with Crippen LogP contribution >= 0.6 is 23.2 Å². The minimum absolute atomic E-state index is 0.130. The van der Waals surface area contributed by atoms with Gasteiger partial charge in [0.05, 0.1) is 17.6 Å². The summed E-state index contributed by atoms with van der Waals surface area (Å²) >= 11 is 12.5. The summed E-state index contributed by atoms with van der Waals surface area (Å²) in [5.41, 5.74) is 5.04. The van der Waals surface area contributed by atoms with Crippen LogP contribution < -0.4 is 0 Å². The first-order valence-electron chi connectivity index (χ1n) is 7.01. The smallest absolute Gasteiger partial charge is 0.136 e. The van der Waals surface area contributed by atoms with Gasteiger partial charge in [0.25, 0.3) is 0 Å². The Morgan fingerprint density at radius 1 is 1.09 bits per heavy atom. The van der Waals surface area contributed by atoms with E-state index in [0.29, 0.717) is 22.4 Å². The predicted octanol–water partition coefficient (Wildman–Crippen LogP) is 4.50. The number of benzene rings is 2. The maximum Gasteiger partial charge on any atom is 0.136 e. The number of rotatable bonds is 3. The molecule has 0 aliphatic carbocycles. The molecule has 0 saturated carbocycles. The lowest BCUT2D eigenvalue weighted by molar-refractivity contribution is 0.267. The van der Waals surface area contributed by atoms with Crippen LogP contribution in [0.15, 0.2) is 30.3 Å². The van der Waals surface area contributed by atoms with Gasteiger partial charge in [-0.15, -0.1) is 0 Å². The van der Waals surface area contributed by atoms with Gasteiger partial charge in [0.2, 0.25) is 0 Å². The SMILES string of the molecule is Cc1cc2nc(CO)n(Cc3c(Cl)cccc3Cl)c2cc1C. The molecule has 3 rings (SSSR count). The molecule has 0 amide bonds. The van der Waals surface area contributed by atoms with Crippen molar-refractivity contribution >= 4 is 34.2 Å². The normalized spacial score (nSPS) is 11.3. The molecular weight excluding hydrogens is 319 g/mol. The van der Waals surface area contributed by atoms with E-state index in [1.807, 2.05) is 28.8 Å². The van der Waals surface area contributed by atoms with Gasteiger partial charge in [0.15, 0.2) is 0 Å². The van der Waals surface area contributed by atoms with E-state index in [1.54, 1.807) is 0 Å². The zero-order valence-electron chi connectivity index (χ0n) is 12.4. The van der Waals surface area contributed by atoms with Crippen LogP contribution in [-0.4, -0.2) is 14.7 Å². The molecule has 5 heteroatoms. The minimum atomic E-state index is -0.130. The van der Waals surface area contributed by atoms with E-state index in [2.05, 4.69) is 24.9 Å². The average Bonchev–Trinajstić information content (AvgIpc) is 2.80. The van der Waals surface area contributed by atoms with Gasteiger partial charge < -0.3 is 9.67 Å². The van der Waals surface area contributed by atoms with Crippen LogP contribution in [-0.2, 0) is 13.2 Å². The fourth-order valence-electron chi connectivity index (χ4n) is 2.57. The molecular formula is C17H16Cl2N2O. The lowest BCUT2D eigenvalue weighted by Crippen LogP contribution is -2.06. The number of aliphatic hydroxyl groups is 1. The second-order valence-electron chi connectivity index (χ2n) is 5.40. The summed E-state index contributed by atoms with van der Waals surface area (Å²) in [6, 6.07) is 9.57. The number of aryl methyl sites for hydroxylation is 2. The summed E-state index contributed by atoms with van der Waals surface area (Å²) < 4.78 is 1.97. The van der Waals surface area contributed by atoms with Crippen molar-refractivity contribution < 1.29 is 5.11 Å². The molecule has 3 aromatic rings. The third-order valence-corrected chi connectivity index (χ3v) is 4.67. The van der Waals surface area contributed by atoms with E-state index < -0.39 is 0 Å². The molecule has 0 spiro atoms. The summed E-state index contributed by atoms with van der Waals surface area (Å²) in [6.45, 7) is 4.47. The molecule has 0 fully saturated rings. The van der Waals surface area contributed by atoms with Crippen molar-refractivity contribution in [3.63, 3.8) is 0 Å². The Morgan fingerprint density at radius 2 is 1.73 bits per heavy atom. The summed E-state index contributed by atoms with van der Waals surface area (Å²) in [7, 11) is 0. The Balaban J connectivity index is 2.19. The largest absolute Gasteiger partial charge is 0.388 e. The van der Waals surface area contributed by atoms with Crippen LogP contribution in [0.4, 0.5) is 0 Å². The molecule has 114 valence electrons. The number of fused-ring (bicyclic) bond motifs is 1. The molecule has 0 bridgehead atoms. The van der Waals surface area contributed by atoms with Gasteiger partial charge in [0, 0.05) is 15.6 Å². The summed E-state index contributed by atoms with van der Waals surface area (Å²) in [6.07, 6.45) is 0. The van der Waals surface area contributed by atoms with Gasteiger partial charge in [0.1, 0.15) is 12.4 Å². The number of nitrogens with zero attached hydrogens (tertiary/aromatic N) is 2. The fraction of sp³-hybridized carbons (Fsp3) is 0.235. The van der Waals surface area contributed by atoms with Crippen molar-refractivity contribution in [3.05, 3.63) is 62.9 Å². The highest BCUT2D eigenvalue weighted by atomic mass is 35.5. The van der Waals surface area contributed by atoms with Gasteiger partial charge >= 0.3 is 0 Å². The van der Waals surface area contributed by atoms with Crippen LogP contribution in [0, 0.1) is 13.8 Å². The first kappa shape index (κ1) is 15.3. The third kappa shape index (κ3) is 2.60. The molecule has 0 radical (unpaired) electrons. The first-order chi connectivity index (χ1) is 10.5. The van der Waals surface area contributed by atoms with Crippen molar-refractivity contribution in [2.75, 3.05) is 0 Å². The summed E-state index contributed by atoms with van der Waals surface area (Å²) in [4.78, 5) is 4.52. The lowest BCUT2D eigenvalue weighted by Gasteiger charge is -2.12. The Kier molecular flexibility index (Phi) is 4.13. The second kappa shape index (κ2) is 5.92. The van der Waals surface area contributed by atoms with Crippen molar-refractivity contribution in [1.82, 2.24) is 9.55 Å². The molecule has 0 unspecified atom stereocenters. The van der Waals surface area contributed by atoms with E-state index in [1.165, 1.54) is 11.1 Å².